The van der Waals surface area contributed by atoms with Crippen molar-refractivity contribution in [3.05, 3.63) is 12.2 Å². The van der Waals surface area contributed by atoms with Crippen molar-refractivity contribution in [1.29, 1.82) is 5.26 Å². The monoisotopic (exact) mass is 549 g/mol. The van der Waals surface area contributed by atoms with E-state index in [0.29, 0.717) is 13.0 Å². The minimum absolute atomic E-state index is 0.0345. The largest absolute Gasteiger partial charge is 0.471 e. The first-order valence-electron chi connectivity index (χ1n) is 13.7. The highest BCUT2D eigenvalue weighted by molar-refractivity contribution is 5.94. The highest BCUT2D eigenvalue weighted by Gasteiger charge is 2.60. The zero-order valence-corrected chi connectivity index (χ0v) is 22.0. The van der Waals surface area contributed by atoms with E-state index in [1.54, 1.807) is 13.8 Å². The van der Waals surface area contributed by atoms with E-state index in [4.69, 9.17) is 0 Å². The molecule has 0 aromatic carbocycles. The molecule has 8 atom stereocenters. The molecule has 2 saturated carbocycles. The number of amides is 4. The van der Waals surface area contributed by atoms with E-state index in [0.717, 1.165) is 19.3 Å². The quantitative estimate of drug-likeness (QED) is 0.397. The molecule has 212 valence electrons. The molecule has 39 heavy (non-hydrogen) atoms. The molecule has 0 unspecified atom stereocenters. The maximum Gasteiger partial charge on any atom is 0.471 e. The number of fused-ring (bicyclic) bond motifs is 5. The molecule has 5 aliphatic rings. The molecular formula is C27H34F3N5O4. The maximum absolute atomic E-state index is 14.1. The SMILES string of the molecule is CC(C)(C1CC1)[C@H](NC(=O)C(F)(F)F)C(=O)N1C[C@H]2[C@@H]([C@H]1C(=O)N[C@H](C#N)C[C@@H]1CCNC1=O)[C@H]1C=C[C@@H]2C1. The number of carbonyl (C=O) groups is 4. The normalized spacial score (nSPS) is 32.8. The molecule has 4 amide bonds. The van der Waals surface area contributed by atoms with Gasteiger partial charge in [-0.3, -0.25) is 19.2 Å². The third kappa shape index (κ3) is 5.00. The van der Waals surface area contributed by atoms with Gasteiger partial charge in [0, 0.05) is 19.0 Å². The van der Waals surface area contributed by atoms with Crippen molar-refractivity contribution in [3.63, 3.8) is 0 Å². The van der Waals surface area contributed by atoms with Gasteiger partial charge in [-0.15, -0.1) is 0 Å². The van der Waals surface area contributed by atoms with Crippen LogP contribution < -0.4 is 16.0 Å². The standard InChI is InChI=1S/C27H34F3N5O4/c1-26(2,16-5-6-16)21(34-25(39)27(28,29)30)24(38)35-12-18-13-3-4-14(9-13)19(18)20(35)23(37)33-17(11-31)10-15-7-8-32-22(15)36/h3-4,13-21H,5-10,12H2,1-2H3,(H,32,36)(H,33,37)(H,34,39)/t13-,14+,15+,17+,18-,19+,20+,21-/m1/s1. The van der Waals surface area contributed by atoms with Crippen LogP contribution in [-0.2, 0) is 19.2 Å². The highest BCUT2D eigenvalue weighted by Crippen LogP contribution is 2.55. The van der Waals surface area contributed by atoms with Gasteiger partial charge in [-0.05, 0) is 67.1 Å². The van der Waals surface area contributed by atoms with Crippen LogP contribution in [0.25, 0.3) is 0 Å². The summed E-state index contributed by atoms with van der Waals surface area (Å²) < 4.78 is 39.8. The molecule has 12 heteroatoms. The number of carbonyl (C=O) groups excluding carboxylic acids is 4. The Morgan fingerprint density at radius 2 is 1.85 bits per heavy atom. The Labute approximate surface area is 224 Å². The summed E-state index contributed by atoms with van der Waals surface area (Å²) in [6.45, 7) is 4.05. The van der Waals surface area contributed by atoms with Gasteiger partial charge in [-0.25, -0.2) is 0 Å². The van der Waals surface area contributed by atoms with E-state index >= 15 is 0 Å². The molecule has 0 aromatic rings. The summed E-state index contributed by atoms with van der Waals surface area (Å²) >= 11 is 0. The number of hydrogen-bond donors (Lipinski definition) is 3. The predicted octanol–water partition coefficient (Wildman–Crippen LogP) is 1.65. The van der Waals surface area contributed by atoms with Gasteiger partial charge >= 0.3 is 12.1 Å². The van der Waals surface area contributed by atoms with Crippen molar-refractivity contribution in [1.82, 2.24) is 20.9 Å². The van der Waals surface area contributed by atoms with Crippen molar-refractivity contribution >= 4 is 23.6 Å². The Morgan fingerprint density at radius 3 is 2.44 bits per heavy atom. The second-order valence-electron chi connectivity index (χ2n) is 12.3. The lowest BCUT2D eigenvalue weighted by Crippen LogP contribution is -2.61. The van der Waals surface area contributed by atoms with Gasteiger partial charge in [0.05, 0.1) is 6.07 Å². The van der Waals surface area contributed by atoms with E-state index in [-0.39, 0.29) is 48.5 Å². The number of hydrogen-bond acceptors (Lipinski definition) is 5. The number of nitrogens with zero attached hydrogens (tertiary/aromatic N) is 2. The van der Waals surface area contributed by atoms with E-state index in [1.165, 1.54) is 4.90 Å². The second-order valence-corrected chi connectivity index (χ2v) is 12.3. The molecule has 3 N–H and O–H groups in total. The number of rotatable bonds is 8. The molecule has 2 bridgehead atoms. The number of allylic oxidation sites excluding steroid dienone is 2. The number of alkyl halides is 3. The van der Waals surface area contributed by atoms with Crippen LogP contribution in [0.15, 0.2) is 12.2 Å². The Bertz CT molecular complexity index is 1130. The van der Waals surface area contributed by atoms with Crippen molar-refractivity contribution in [3.8, 4) is 6.07 Å². The smallest absolute Gasteiger partial charge is 0.356 e. The summed E-state index contributed by atoms with van der Waals surface area (Å²) in [5, 5.41) is 17.1. The summed E-state index contributed by atoms with van der Waals surface area (Å²) in [5.41, 5.74) is -0.959. The molecule has 0 radical (unpaired) electrons. The first-order valence-corrected chi connectivity index (χ1v) is 13.7. The molecule has 2 saturated heterocycles. The fourth-order valence-corrected chi connectivity index (χ4v) is 7.34. The lowest BCUT2D eigenvalue weighted by Gasteiger charge is -2.39. The van der Waals surface area contributed by atoms with Crippen LogP contribution in [0.3, 0.4) is 0 Å². The van der Waals surface area contributed by atoms with Gasteiger partial charge in [0.2, 0.25) is 17.7 Å². The first kappa shape index (κ1) is 27.5. The Kier molecular flexibility index (Phi) is 6.92. The molecule has 3 aliphatic carbocycles. The van der Waals surface area contributed by atoms with Gasteiger partial charge < -0.3 is 20.9 Å². The van der Waals surface area contributed by atoms with Crippen molar-refractivity contribution in [2.75, 3.05) is 13.1 Å². The molecule has 5 rings (SSSR count). The highest BCUT2D eigenvalue weighted by atomic mass is 19.4. The lowest BCUT2D eigenvalue weighted by atomic mass is 9.78. The van der Waals surface area contributed by atoms with Crippen molar-refractivity contribution in [2.45, 2.75) is 70.3 Å². The van der Waals surface area contributed by atoms with Crippen LogP contribution in [0, 0.1) is 52.3 Å². The number of likely N-dealkylation sites (tertiary alicyclic amines) is 1. The minimum Gasteiger partial charge on any atom is -0.356 e. The van der Waals surface area contributed by atoms with Crippen LogP contribution >= 0.6 is 0 Å². The summed E-state index contributed by atoms with van der Waals surface area (Å²) in [5.74, 6) is -4.14. The van der Waals surface area contributed by atoms with E-state index < -0.39 is 53.4 Å². The van der Waals surface area contributed by atoms with Crippen LogP contribution in [0.4, 0.5) is 13.2 Å². The molecule has 0 aromatic heterocycles. The minimum atomic E-state index is -5.16. The zero-order chi connectivity index (χ0) is 28.3. The fraction of sp³-hybridized carbons (Fsp3) is 0.741. The maximum atomic E-state index is 14.1. The summed E-state index contributed by atoms with van der Waals surface area (Å²) in [6.07, 6.45) is 1.94. The Hall–Kier alpha value is -3.10. The number of halogens is 3. The summed E-state index contributed by atoms with van der Waals surface area (Å²) in [6, 6.07) is -1.37. The predicted molar refractivity (Wildman–Crippen MR) is 131 cm³/mol. The van der Waals surface area contributed by atoms with Gasteiger partial charge in [0.25, 0.3) is 0 Å². The van der Waals surface area contributed by atoms with Crippen molar-refractivity contribution in [2.24, 2.45) is 40.9 Å². The Morgan fingerprint density at radius 1 is 1.15 bits per heavy atom. The summed E-state index contributed by atoms with van der Waals surface area (Å²) in [7, 11) is 0. The molecule has 9 nitrogen and oxygen atoms in total. The van der Waals surface area contributed by atoms with Crippen LogP contribution in [0.2, 0.25) is 0 Å². The van der Waals surface area contributed by atoms with Crippen LogP contribution in [0.1, 0.15) is 46.0 Å². The van der Waals surface area contributed by atoms with Gasteiger partial charge in [0.1, 0.15) is 18.1 Å². The van der Waals surface area contributed by atoms with Gasteiger partial charge in [0.15, 0.2) is 0 Å². The average Bonchev–Trinajstić information content (AvgIpc) is 3.18. The average molecular weight is 550 g/mol. The fourth-order valence-electron chi connectivity index (χ4n) is 7.34. The van der Waals surface area contributed by atoms with E-state index in [1.807, 2.05) is 17.5 Å². The van der Waals surface area contributed by atoms with Gasteiger partial charge in [-0.2, -0.15) is 18.4 Å². The number of nitrogens with one attached hydrogen (secondary N) is 3. The second kappa shape index (κ2) is 9.82. The van der Waals surface area contributed by atoms with E-state index in [2.05, 4.69) is 16.7 Å². The first-order chi connectivity index (χ1) is 18.3. The lowest BCUT2D eigenvalue weighted by molar-refractivity contribution is -0.176. The molecule has 0 spiro atoms. The van der Waals surface area contributed by atoms with E-state index in [9.17, 15) is 37.6 Å². The zero-order valence-electron chi connectivity index (χ0n) is 22.0. The molecule has 2 heterocycles. The van der Waals surface area contributed by atoms with Crippen LogP contribution in [-0.4, -0.2) is 65.9 Å². The molecular weight excluding hydrogens is 515 g/mol. The van der Waals surface area contributed by atoms with Crippen LogP contribution in [0.5, 0.6) is 0 Å². The third-order valence-electron chi connectivity index (χ3n) is 9.66. The van der Waals surface area contributed by atoms with Gasteiger partial charge in [-0.1, -0.05) is 26.0 Å². The number of nitriles is 1. The Balaban J connectivity index is 1.41. The third-order valence-corrected chi connectivity index (χ3v) is 9.66. The van der Waals surface area contributed by atoms with Crippen molar-refractivity contribution < 1.29 is 32.3 Å². The topological polar surface area (TPSA) is 131 Å². The molecule has 4 fully saturated rings. The summed E-state index contributed by atoms with van der Waals surface area (Å²) in [4.78, 5) is 53.2. The molecule has 2 aliphatic heterocycles.